The van der Waals surface area contributed by atoms with E-state index in [1.54, 1.807) is 47.2 Å². The molecule has 5 aromatic rings. The summed E-state index contributed by atoms with van der Waals surface area (Å²) in [5, 5.41) is 1.86. The highest BCUT2D eigenvalue weighted by molar-refractivity contribution is 6.08. The van der Waals surface area contributed by atoms with Crippen LogP contribution in [0.25, 0.3) is 32.7 Å². The van der Waals surface area contributed by atoms with Crippen molar-refractivity contribution in [1.29, 1.82) is 0 Å². The van der Waals surface area contributed by atoms with Gasteiger partial charge >= 0.3 is 5.97 Å². The first-order valence-corrected chi connectivity index (χ1v) is 9.89. The number of hydrogen-bond acceptors (Lipinski definition) is 4. The Morgan fingerprint density at radius 1 is 0.806 bits per heavy atom. The van der Waals surface area contributed by atoms with Crippen LogP contribution in [-0.4, -0.2) is 27.9 Å². The lowest BCUT2D eigenvalue weighted by atomic mass is 10.1. The van der Waals surface area contributed by atoms with Gasteiger partial charge in [0.05, 0.1) is 11.0 Å². The largest absolute Gasteiger partial charge is 0.456 e. The van der Waals surface area contributed by atoms with Crippen LogP contribution in [0.5, 0.6) is 0 Å². The van der Waals surface area contributed by atoms with Crippen molar-refractivity contribution in [3.63, 3.8) is 0 Å². The lowest BCUT2D eigenvalue weighted by Crippen LogP contribution is -2.20. The van der Waals surface area contributed by atoms with E-state index in [9.17, 15) is 14.4 Å². The van der Waals surface area contributed by atoms with Crippen molar-refractivity contribution in [2.24, 2.45) is 0 Å². The normalized spacial score (nSPS) is 11.2. The number of carbonyl (C=O) groups is 2. The van der Waals surface area contributed by atoms with Crippen LogP contribution >= 0.6 is 0 Å². The highest BCUT2D eigenvalue weighted by Gasteiger charge is 2.16. The second kappa shape index (κ2) is 7.57. The Morgan fingerprint density at radius 3 is 2.06 bits per heavy atom. The number of nitrogens with zero attached hydrogens (tertiary/aromatic N) is 1. The Morgan fingerprint density at radius 2 is 1.39 bits per heavy atom. The number of aromatic amines is 1. The molecule has 2 heterocycles. The minimum absolute atomic E-state index is 0.0784. The molecule has 3 aromatic carbocycles. The molecule has 1 N–H and O–H groups in total. The minimum atomic E-state index is -0.549. The Bertz CT molecular complexity index is 1470. The van der Waals surface area contributed by atoms with Gasteiger partial charge in [0, 0.05) is 33.4 Å². The summed E-state index contributed by atoms with van der Waals surface area (Å²) in [6.45, 7) is -0.459. The number of H-pyrrole nitrogens is 1. The molecule has 0 amide bonds. The van der Waals surface area contributed by atoms with Gasteiger partial charge in [0.15, 0.2) is 12.0 Å². The van der Waals surface area contributed by atoms with Crippen LogP contribution in [0.1, 0.15) is 10.4 Å². The second-order valence-electron chi connectivity index (χ2n) is 7.28. The number of esters is 1. The van der Waals surface area contributed by atoms with Crippen molar-refractivity contribution in [2.45, 2.75) is 6.54 Å². The topological polar surface area (TPSA) is 81.2 Å². The summed E-state index contributed by atoms with van der Waals surface area (Å²) in [5.74, 6) is -0.826. The number of rotatable bonds is 5. The van der Waals surface area contributed by atoms with E-state index in [1.807, 2.05) is 36.4 Å². The van der Waals surface area contributed by atoms with Crippen molar-refractivity contribution in [3.8, 4) is 0 Å². The Balaban J connectivity index is 1.42. The zero-order valence-electron chi connectivity index (χ0n) is 16.5. The third-order valence-corrected chi connectivity index (χ3v) is 5.42. The van der Waals surface area contributed by atoms with Gasteiger partial charge in [-0.25, -0.2) is 0 Å². The predicted molar refractivity (Wildman–Crippen MR) is 119 cm³/mol. The summed E-state index contributed by atoms with van der Waals surface area (Å²) < 4.78 is 7.06. The fourth-order valence-corrected chi connectivity index (χ4v) is 3.95. The first kappa shape index (κ1) is 18.8. The molecule has 152 valence electrons. The molecule has 0 atom stereocenters. The number of pyridine rings is 1. The Kier molecular flexibility index (Phi) is 4.59. The number of aromatic nitrogens is 2. The standard InChI is InChI=1S/C25H18N2O4/c28-23(19-13-26-20-10-4-1-7-16(19)20)15-31-24(29)14-27-21-11-5-2-8-17(21)25(30)18-9-3-6-12-22(18)27/h1-13,26H,14-15H2. The molecule has 0 fully saturated rings. The third-order valence-electron chi connectivity index (χ3n) is 5.42. The number of nitrogens with one attached hydrogen (secondary N) is 1. The van der Waals surface area contributed by atoms with E-state index >= 15 is 0 Å². The van der Waals surface area contributed by atoms with E-state index in [-0.39, 0.29) is 24.4 Å². The molecule has 0 saturated heterocycles. The smallest absolute Gasteiger partial charge is 0.326 e. The van der Waals surface area contributed by atoms with Crippen molar-refractivity contribution in [2.75, 3.05) is 6.61 Å². The summed E-state index contributed by atoms with van der Waals surface area (Å²) in [5.41, 5.74) is 2.55. The number of carbonyl (C=O) groups excluding carboxylic acids is 2. The number of para-hydroxylation sites is 3. The molecule has 0 unspecified atom stereocenters. The first-order chi connectivity index (χ1) is 15.1. The minimum Gasteiger partial charge on any atom is -0.456 e. The summed E-state index contributed by atoms with van der Waals surface area (Å²) >= 11 is 0. The zero-order valence-corrected chi connectivity index (χ0v) is 16.5. The average molecular weight is 410 g/mol. The molecular formula is C25H18N2O4. The number of ketones is 1. The van der Waals surface area contributed by atoms with Crippen molar-refractivity contribution >= 4 is 44.5 Å². The number of fused-ring (bicyclic) bond motifs is 3. The molecule has 0 aliphatic heterocycles. The molecular weight excluding hydrogens is 392 g/mol. The predicted octanol–water partition coefficient (Wildman–Crippen LogP) is 4.06. The van der Waals surface area contributed by atoms with Crippen molar-refractivity contribution < 1.29 is 14.3 Å². The molecule has 5 rings (SSSR count). The third kappa shape index (κ3) is 3.28. The molecule has 0 saturated carbocycles. The van der Waals surface area contributed by atoms with E-state index in [0.717, 1.165) is 10.9 Å². The summed E-state index contributed by atoms with van der Waals surface area (Å²) in [6, 6.07) is 21.8. The summed E-state index contributed by atoms with van der Waals surface area (Å²) in [7, 11) is 0. The van der Waals surface area contributed by atoms with Crippen LogP contribution in [0, 0.1) is 0 Å². The Labute approximate surface area is 176 Å². The Hall–Kier alpha value is -4.19. The van der Waals surface area contributed by atoms with E-state index in [1.165, 1.54) is 0 Å². The maximum absolute atomic E-state index is 12.8. The second-order valence-corrected chi connectivity index (χ2v) is 7.28. The lowest BCUT2D eigenvalue weighted by Gasteiger charge is -2.14. The number of benzene rings is 3. The van der Waals surface area contributed by atoms with Gasteiger partial charge in [0.25, 0.3) is 0 Å². The first-order valence-electron chi connectivity index (χ1n) is 9.89. The van der Waals surface area contributed by atoms with Crippen LogP contribution < -0.4 is 5.43 Å². The zero-order chi connectivity index (χ0) is 21.4. The van der Waals surface area contributed by atoms with Gasteiger partial charge in [-0.3, -0.25) is 14.4 Å². The molecule has 2 aromatic heterocycles. The fourth-order valence-electron chi connectivity index (χ4n) is 3.95. The molecule has 6 nitrogen and oxygen atoms in total. The molecule has 0 radical (unpaired) electrons. The van der Waals surface area contributed by atoms with Gasteiger partial charge in [0.2, 0.25) is 5.78 Å². The number of hydrogen-bond donors (Lipinski definition) is 1. The van der Waals surface area contributed by atoms with Gasteiger partial charge in [-0.1, -0.05) is 42.5 Å². The van der Waals surface area contributed by atoms with E-state index in [2.05, 4.69) is 4.98 Å². The molecule has 0 aliphatic carbocycles. The van der Waals surface area contributed by atoms with E-state index in [0.29, 0.717) is 27.4 Å². The maximum Gasteiger partial charge on any atom is 0.326 e. The van der Waals surface area contributed by atoms with Gasteiger partial charge < -0.3 is 14.3 Å². The highest BCUT2D eigenvalue weighted by Crippen LogP contribution is 2.20. The van der Waals surface area contributed by atoms with Crippen molar-refractivity contribution in [3.05, 3.63) is 94.8 Å². The van der Waals surface area contributed by atoms with Gasteiger partial charge in [-0.05, 0) is 30.3 Å². The van der Waals surface area contributed by atoms with Crippen LogP contribution in [0.3, 0.4) is 0 Å². The van der Waals surface area contributed by atoms with Crippen LogP contribution in [-0.2, 0) is 16.1 Å². The lowest BCUT2D eigenvalue weighted by molar-refractivity contribution is -0.143. The van der Waals surface area contributed by atoms with Gasteiger partial charge in [0.1, 0.15) is 6.54 Å². The fraction of sp³-hybridized carbons (Fsp3) is 0.0800. The SMILES string of the molecule is O=C(Cn1c2ccccc2c(=O)c2ccccc21)OCC(=O)c1c[nH]c2ccccc12. The number of Topliss-reactive ketones (excluding diaryl/α,β-unsaturated/α-hetero) is 1. The maximum atomic E-state index is 12.8. The van der Waals surface area contributed by atoms with E-state index < -0.39 is 5.97 Å². The molecule has 31 heavy (non-hydrogen) atoms. The molecule has 6 heteroatoms. The van der Waals surface area contributed by atoms with Crippen LogP contribution in [0.15, 0.2) is 83.8 Å². The molecule has 0 bridgehead atoms. The summed E-state index contributed by atoms with van der Waals surface area (Å²) in [4.78, 5) is 41.1. The molecule has 0 spiro atoms. The quantitative estimate of drug-likeness (QED) is 0.269. The van der Waals surface area contributed by atoms with Crippen LogP contribution in [0.2, 0.25) is 0 Å². The number of ether oxygens (including phenoxy) is 1. The van der Waals surface area contributed by atoms with Gasteiger partial charge in [-0.15, -0.1) is 0 Å². The van der Waals surface area contributed by atoms with Crippen molar-refractivity contribution in [1.82, 2.24) is 9.55 Å². The monoisotopic (exact) mass is 410 g/mol. The van der Waals surface area contributed by atoms with Gasteiger partial charge in [-0.2, -0.15) is 0 Å². The highest BCUT2D eigenvalue weighted by atomic mass is 16.5. The average Bonchev–Trinajstić information content (AvgIpc) is 3.24. The van der Waals surface area contributed by atoms with Crippen LogP contribution in [0.4, 0.5) is 0 Å². The molecule has 0 aliphatic rings. The van der Waals surface area contributed by atoms with E-state index in [4.69, 9.17) is 4.74 Å². The summed E-state index contributed by atoms with van der Waals surface area (Å²) in [6.07, 6.45) is 1.63.